The van der Waals surface area contributed by atoms with Crippen molar-refractivity contribution in [3.8, 4) is 5.88 Å². The number of ether oxygens (including phenoxy) is 2. The van der Waals surface area contributed by atoms with E-state index in [2.05, 4.69) is 9.88 Å². The Kier molecular flexibility index (Phi) is 5.41. The van der Waals surface area contributed by atoms with Crippen LogP contribution in [0.1, 0.15) is 19.3 Å². The Bertz CT molecular complexity index is 691. The lowest BCUT2D eigenvalue weighted by atomic mass is 10.3. The van der Waals surface area contributed by atoms with Crippen molar-refractivity contribution in [1.29, 1.82) is 0 Å². The van der Waals surface area contributed by atoms with Gasteiger partial charge < -0.3 is 14.4 Å². The molecule has 1 fully saturated rings. The molecular formula is C16H19Cl2N3O2. The molecule has 0 bridgehead atoms. The molecule has 0 N–H and O–H groups in total. The highest BCUT2D eigenvalue weighted by molar-refractivity contribution is 6.42. The zero-order chi connectivity index (χ0) is 16.2. The summed E-state index contributed by atoms with van der Waals surface area (Å²) in [5.41, 5.74) is 1.41. The monoisotopic (exact) mass is 355 g/mol. The van der Waals surface area contributed by atoms with Crippen LogP contribution in [0.15, 0.2) is 12.1 Å². The van der Waals surface area contributed by atoms with Crippen LogP contribution in [0.4, 0.5) is 5.82 Å². The largest absolute Gasteiger partial charge is 0.475 e. The molecule has 2 aromatic rings. The van der Waals surface area contributed by atoms with Crippen molar-refractivity contribution in [3.05, 3.63) is 22.2 Å². The van der Waals surface area contributed by atoms with E-state index >= 15 is 0 Å². The standard InChI is InChI=1S/C16H19Cl2N3O2/c1-22-7-4-8-23-16-15(21-5-2-3-6-21)19-13-9-11(17)12(18)10-14(13)20-16/h9-10H,2-8H2,1H3. The summed E-state index contributed by atoms with van der Waals surface area (Å²) in [4.78, 5) is 11.5. The minimum atomic E-state index is 0.465. The van der Waals surface area contributed by atoms with E-state index in [1.807, 2.05) is 0 Å². The fourth-order valence-electron chi connectivity index (χ4n) is 2.63. The fourth-order valence-corrected chi connectivity index (χ4v) is 2.95. The van der Waals surface area contributed by atoms with Crippen LogP contribution in [0.2, 0.25) is 10.0 Å². The van der Waals surface area contributed by atoms with E-state index < -0.39 is 0 Å². The summed E-state index contributed by atoms with van der Waals surface area (Å²) >= 11 is 12.2. The van der Waals surface area contributed by atoms with Gasteiger partial charge >= 0.3 is 0 Å². The summed E-state index contributed by atoms with van der Waals surface area (Å²) in [6, 6.07) is 3.47. The van der Waals surface area contributed by atoms with Gasteiger partial charge in [0, 0.05) is 33.2 Å². The molecule has 23 heavy (non-hydrogen) atoms. The number of benzene rings is 1. The molecule has 1 saturated heterocycles. The molecule has 0 spiro atoms. The topological polar surface area (TPSA) is 47.5 Å². The van der Waals surface area contributed by atoms with E-state index in [1.165, 1.54) is 0 Å². The van der Waals surface area contributed by atoms with Crippen LogP contribution in [0.3, 0.4) is 0 Å². The average Bonchev–Trinajstić information content (AvgIpc) is 3.06. The maximum Gasteiger partial charge on any atom is 0.258 e. The van der Waals surface area contributed by atoms with E-state index in [4.69, 9.17) is 37.7 Å². The number of hydrogen-bond donors (Lipinski definition) is 0. The maximum atomic E-state index is 6.10. The number of nitrogens with zero attached hydrogens (tertiary/aromatic N) is 3. The quantitative estimate of drug-likeness (QED) is 0.734. The van der Waals surface area contributed by atoms with Gasteiger partial charge in [-0.1, -0.05) is 23.2 Å². The molecule has 0 atom stereocenters. The highest BCUT2D eigenvalue weighted by atomic mass is 35.5. The second kappa shape index (κ2) is 7.51. The molecule has 1 aromatic heterocycles. The Morgan fingerprint density at radius 1 is 1.04 bits per heavy atom. The minimum Gasteiger partial charge on any atom is -0.475 e. The van der Waals surface area contributed by atoms with Crippen molar-refractivity contribution in [2.45, 2.75) is 19.3 Å². The third-order valence-corrected chi connectivity index (χ3v) is 4.52. The fraction of sp³-hybridized carbons (Fsp3) is 0.500. The van der Waals surface area contributed by atoms with Gasteiger partial charge in [0.2, 0.25) is 0 Å². The molecule has 3 rings (SSSR count). The van der Waals surface area contributed by atoms with E-state index in [0.29, 0.717) is 34.7 Å². The molecule has 0 radical (unpaired) electrons. The Hall–Kier alpha value is -1.30. The molecule has 0 unspecified atom stereocenters. The van der Waals surface area contributed by atoms with Crippen molar-refractivity contribution in [1.82, 2.24) is 9.97 Å². The van der Waals surface area contributed by atoms with Gasteiger partial charge in [0.15, 0.2) is 5.82 Å². The highest BCUT2D eigenvalue weighted by Gasteiger charge is 2.21. The predicted molar refractivity (Wildman–Crippen MR) is 93.0 cm³/mol. The summed E-state index contributed by atoms with van der Waals surface area (Å²) in [7, 11) is 1.68. The first-order valence-corrected chi connectivity index (χ1v) is 8.48. The molecule has 7 heteroatoms. The van der Waals surface area contributed by atoms with E-state index in [9.17, 15) is 0 Å². The summed E-state index contributed by atoms with van der Waals surface area (Å²) in [5, 5.41) is 0.947. The molecule has 2 heterocycles. The summed E-state index contributed by atoms with van der Waals surface area (Å²) in [6.07, 6.45) is 3.12. The van der Waals surface area contributed by atoms with Gasteiger partial charge in [0.05, 0.1) is 27.7 Å². The van der Waals surface area contributed by atoms with Crippen LogP contribution in [-0.4, -0.2) is 43.4 Å². The smallest absolute Gasteiger partial charge is 0.258 e. The molecule has 5 nitrogen and oxygen atoms in total. The number of anilines is 1. The molecule has 1 aromatic carbocycles. The Labute approximate surface area is 145 Å². The zero-order valence-electron chi connectivity index (χ0n) is 13.0. The second-order valence-electron chi connectivity index (χ2n) is 5.50. The van der Waals surface area contributed by atoms with Crippen LogP contribution in [-0.2, 0) is 4.74 Å². The van der Waals surface area contributed by atoms with Gasteiger partial charge in [-0.05, 0) is 25.0 Å². The first kappa shape index (κ1) is 16.6. The lowest BCUT2D eigenvalue weighted by Gasteiger charge is -2.20. The van der Waals surface area contributed by atoms with Gasteiger partial charge in [0.1, 0.15) is 0 Å². The van der Waals surface area contributed by atoms with Crippen LogP contribution < -0.4 is 9.64 Å². The highest BCUT2D eigenvalue weighted by Crippen LogP contribution is 2.33. The number of hydrogen-bond acceptors (Lipinski definition) is 5. The number of fused-ring (bicyclic) bond motifs is 1. The van der Waals surface area contributed by atoms with Crippen molar-refractivity contribution in [2.75, 3.05) is 38.3 Å². The first-order chi connectivity index (χ1) is 11.2. The second-order valence-corrected chi connectivity index (χ2v) is 6.31. The Morgan fingerprint density at radius 2 is 1.70 bits per heavy atom. The summed E-state index contributed by atoms with van der Waals surface area (Å²) < 4.78 is 10.9. The maximum absolute atomic E-state index is 6.10. The Balaban J connectivity index is 1.95. The van der Waals surface area contributed by atoms with E-state index in [0.717, 1.165) is 43.7 Å². The minimum absolute atomic E-state index is 0.465. The molecule has 1 aliphatic rings. The third-order valence-electron chi connectivity index (χ3n) is 3.79. The summed E-state index contributed by atoms with van der Waals surface area (Å²) in [6.45, 7) is 3.13. The van der Waals surface area contributed by atoms with Crippen molar-refractivity contribution in [3.63, 3.8) is 0 Å². The first-order valence-electron chi connectivity index (χ1n) is 7.72. The Morgan fingerprint density at radius 3 is 2.35 bits per heavy atom. The van der Waals surface area contributed by atoms with Gasteiger partial charge in [-0.2, -0.15) is 0 Å². The average molecular weight is 356 g/mol. The van der Waals surface area contributed by atoms with Crippen molar-refractivity contribution < 1.29 is 9.47 Å². The molecule has 0 amide bonds. The van der Waals surface area contributed by atoms with Gasteiger partial charge in [0.25, 0.3) is 5.88 Å². The number of aromatic nitrogens is 2. The molecule has 124 valence electrons. The third kappa shape index (κ3) is 3.79. The molecule has 0 aliphatic carbocycles. The molecule has 0 saturated carbocycles. The zero-order valence-corrected chi connectivity index (χ0v) is 14.5. The van der Waals surface area contributed by atoms with Gasteiger partial charge in [-0.15, -0.1) is 0 Å². The lowest BCUT2D eigenvalue weighted by molar-refractivity contribution is 0.170. The molecule has 1 aliphatic heterocycles. The van der Waals surface area contributed by atoms with Gasteiger partial charge in [-0.25, -0.2) is 9.97 Å². The van der Waals surface area contributed by atoms with Crippen LogP contribution in [0.5, 0.6) is 5.88 Å². The summed E-state index contributed by atoms with van der Waals surface area (Å²) in [5.74, 6) is 1.33. The normalized spacial score (nSPS) is 14.7. The van der Waals surface area contributed by atoms with Gasteiger partial charge in [-0.3, -0.25) is 0 Å². The SMILES string of the molecule is COCCCOc1nc2cc(Cl)c(Cl)cc2nc1N1CCCC1. The van der Waals surface area contributed by atoms with E-state index in [1.54, 1.807) is 19.2 Å². The van der Waals surface area contributed by atoms with Crippen molar-refractivity contribution >= 4 is 40.1 Å². The number of rotatable bonds is 6. The number of halogens is 2. The number of methoxy groups -OCH3 is 1. The van der Waals surface area contributed by atoms with Crippen molar-refractivity contribution in [2.24, 2.45) is 0 Å². The van der Waals surface area contributed by atoms with Crippen LogP contribution in [0, 0.1) is 0 Å². The van der Waals surface area contributed by atoms with E-state index in [-0.39, 0.29) is 0 Å². The molecular weight excluding hydrogens is 337 g/mol. The van der Waals surface area contributed by atoms with Crippen LogP contribution in [0.25, 0.3) is 11.0 Å². The van der Waals surface area contributed by atoms with Crippen LogP contribution >= 0.6 is 23.2 Å². The predicted octanol–water partition coefficient (Wildman–Crippen LogP) is 3.95. The lowest BCUT2D eigenvalue weighted by Crippen LogP contribution is -2.21.